The summed E-state index contributed by atoms with van der Waals surface area (Å²) < 4.78 is 0. The normalized spacial score (nSPS) is 11.4. The number of fused-ring (bicyclic) bond motifs is 3. The lowest BCUT2D eigenvalue weighted by atomic mass is 9.81. The maximum atomic E-state index is 2.44. The Balaban J connectivity index is 1.44. The lowest BCUT2D eigenvalue weighted by molar-refractivity contribution is 1.37. The van der Waals surface area contributed by atoms with Gasteiger partial charge in [-0.2, -0.15) is 0 Å². The van der Waals surface area contributed by atoms with E-state index in [1.54, 1.807) is 0 Å². The summed E-state index contributed by atoms with van der Waals surface area (Å²) in [6.07, 6.45) is 0. The Morgan fingerprint density at radius 2 is 0.725 bits per heavy atom. The molecule has 0 N–H and O–H groups in total. The fraction of sp³-hybridized carbons (Fsp3) is 0.0588. The standard InChI is InChI=1S/C51H38/c1-33-23-24-44-46(25-33)51(49-32-40-22-14-13-21-39(40)31-45(49)38-19-11-6-12-20-38)48-27-35(3)34(2)26-47(48)50(44)43-29-41(36-15-7-4-8-16-36)28-42(30-43)37-17-9-5-10-18-37/h4-32H,1-3H3. The second-order valence-corrected chi connectivity index (χ2v) is 13.9. The van der Waals surface area contributed by atoms with Crippen molar-refractivity contribution >= 4 is 32.3 Å². The van der Waals surface area contributed by atoms with Crippen LogP contribution in [0.5, 0.6) is 0 Å². The Kier molecular flexibility index (Phi) is 7.59. The molecule has 0 amide bonds. The molecule has 9 aromatic rings. The monoisotopic (exact) mass is 650 g/mol. The molecule has 0 aliphatic carbocycles. The summed E-state index contributed by atoms with van der Waals surface area (Å²) in [5, 5.41) is 7.60. The zero-order valence-corrected chi connectivity index (χ0v) is 29.2. The first-order valence-corrected chi connectivity index (χ1v) is 17.8. The van der Waals surface area contributed by atoms with Gasteiger partial charge in [-0.05, 0) is 150 Å². The van der Waals surface area contributed by atoms with Crippen molar-refractivity contribution < 1.29 is 0 Å². The molecule has 0 fully saturated rings. The van der Waals surface area contributed by atoms with E-state index in [9.17, 15) is 0 Å². The molecule has 0 bridgehead atoms. The van der Waals surface area contributed by atoms with Gasteiger partial charge >= 0.3 is 0 Å². The average molecular weight is 651 g/mol. The highest BCUT2D eigenvalue weighted by molar-refractivity contribution is 6.23. The van der Waals surface area contributed by atoms with Crippen LogP contribution < -0.4 is 0 Å². The first kappa shape index (κ1) is 30.8. The number of rotatable bonds is 5. The third-order valence-electron chi connectivity index (χ3n) is 10.6. The van der Waals surface area contributed by atoms with Crippen LogP contribution in [0.4, 0.5) is 0 Å². The zero-order valence-electron chi connectivity index (χ0n) is 29.2. The largest absolute Gasteiger partial charge is 0.0622 e. The molecule has 0 saturated carbocycles. The van der Waals surface area contributed by atoms with Gasteiger partial charge in [-0.1, -0.05) is 151 Å². The van der Waals surface area contributed by atoms with Crippen molar-refractivity contribution in [3.05, 3.63) is 193 Å². The first-order chi connectivity index (χ1) is 25.0. The van der Waals surface area contributed by atoms with E-state index in [1.165, 1.54) is 105 Å². The summed E-state index contributed by atoms with van der Waals surface area (Å²) in [5.74, 6) is 0. The van der Waals surface area contributed by atoms with Crippen LogP contribution in [0.25, 0.3) is 88.0 Å². The van der Waals surface area contributed by atoms with Gasteiger partial charge < -0.3 is 0 Å². The van der Waals surface area contributed by atoms with Gasteiger partial charge in [-0.15, -0.1) is 0 Å². The molecular weight excluding hydrogens is 613 g/mol. The van der Waals surface area contributed by atoms with E-state index >= 15 is 0 Å². The minimum atomic E-state index is 1.22. The summed E-state index contributed by atoms with van der Waals surface area (Å²) in [5.41, 5.74) is 16.3. The summed E-state index contributed by atoms with van der Waals surface area (Å²) >= 11 is 0. The van der Waals surface area contributed by atoms with Crippen LogP contribution in [-0.2, 0) is 0 Å². The quantitative estimate of drug-likeness (QED) is 0.163. The van der Waals surface area contributed by atoms with Crippen LogP contribution in [0.15, 0.2) is 176 Å². The van der Waals surface area contributed by atoms with Crippen LogP contribution in [0.2, 0.25) is 0 Å². The Labute approximate surface area is 300 Å². The molecule has 0 saturated heterocycles. The van der Waals surface area contributed by atoms with Gasteiger partial charge in [-0.25, -0.2) is 0 Å². The molecular formula is C51H38. The number of hydrogen-bond acceptors (Lipinski definition) is 0. The van der Waals surface area contributed by atoms with Gasteiger partial charge in [0.2, 0.25) is 0 Å². The molecule has 0 heterocycles. The predicted octanol–water partition coefficient (Wildman–Crippen LogP) is 14.4. The Bertz CT molecular complexity index is 2680. The van der Waals surface area contributed by atoms with Crippen molar-refractivity contribution in [3.63, 3.8) is 0 Å². The van der Waals surface area contributed by atoms with E-state index in [1.807, 2.05) is 0 Å². The number of aryl methyl sites for hydroxylation is 3. The highest BCUT2D eigenvalue weighted by atomic mass is 14.2. The first-order valence-electron chi connectivity index (χ1n) is 17.8. The summed E-state index contributed by atoms with van der Waals surface area (Å²) in [7, 11) is 0. The van der Waals surface area contributed by atoms with Gasteiger partial charge in [0, 0.05) is 0 Å². The average Bonchev–Trinajstić information content (AvgIpc) is 3.18. The fourth-order valence-corrected chi connectivity index (χ4v) is 7.87. The van der Waals surface area contributed by atoms with E-state index in [4.69, 9.17) is 0 Å². The van der Waals surface area contributed by atoms with Crippen LogP contribution >= 0.6 is 0 Å². The molecule has 9 aromatic carbocycles. The van der Waals surface area contributed by atoms with Crippen molar-refractivity contribution in [3.8, 4) is 55.6 Å². The van der Waals surface area contributed by atoms with E-state index in [-0.39, 0.29) is 0 Å². The van der Waals surface area contributed by atoms with Gasteiger partial charge in [-0.3, -0.25) is 0 Å². The number of hydrogen-bond donors (Lipinski definition) is 0. The summed E-state index contributed by atoms with van der Waals surface area (Å²) in [6.45, 7) is 6.72. The van der Waals surface area contributed by atoms with Crippen LogP contribution in [0.1, 0.15) is 16.7 Å². The molecule has 0 aliphatic heterocycles. The molecule has 0 nitrogen and oxygen atoms in total. The number of benzene rings is 9. The van der Waals surface area contributed by atoms with E-state index in [2.05, 4.69) is 197 Å². The lowest BCUT2D eigenvalue weighted by Crippen LogP contribution is -1.96. The van der Waals surface area contributed by atoms with Crippen LogP contribution in [0, 0.1) is 20.8 Å². The second-order valence-electron chi connectivity index (χ2n) is 13.9. The Morgan fingerprint density at radius 1 is 0.275 bits per heavy atom. The molecule has 0 unspecified atom stereocenters. The van der Waals surface area contributed by atoms with Crippen LogP contribution in [0.3, 0.4) is 0 Å². The van der Waals surface area contributed by atoms with E-state index in [0.717, 1.165) is 0 Å². The molecule has 0 radical (unpaired) electrons. The Hall–Kier alpha value is -6.24. The fourth-order valence-electron chi connectivity index (χ4n) is 7.87. The second kappa shape index (κ2) is 12.6. The molecule has 0 atom stereocenters. The molecule has 242 valence electrons. The third-order valence-corrected chi connectivity index (χ3v) is 10.6. The van der Waals surface area contributed by atoms with Gasteiger partial charge in [0.1, 0.15) is 0 Å². The highest BCUT2D eigenvalue weighted by Crippen LogP contribution is 2.49. The lowest BCUT2D eigenvalue weighted by Gasteiger charge is -2.22. The minimum Gasteiger partial charge on any atom is -0.0622 e. The topological polar surface area (TPSA) is 0 Å². The van der Waals surface area contributed by atoms with Gasteiger partial charge in [0.05, 0.1) is 0 Å². The smallest absolute Gasteiger partial charge is 0.00197 e. The van der Waals surface area contributed by atoms with Crippen molar-refractivity contribution in [1.82, 2.24) is 0 Å². The van der Waals surface area contributed by atoms with E-state index in [0.29, 0.717) is 0 Å². The zero-order chi connectivity index (χ0) is 34.5. The van der Waals surface area contributed by atoms with E-state index < -0.39 is 0 Å². The molecule has 0 aliphatic rings. The molecule has 9 rings (SSSR count). The summed E-state index contributed by atoms with van der Waals surface area (Å²) in [4.78, 5) is 0. The van der Waals surface area contributed by atoms with Gasteiger partial charge in [0.25, 0.3) is 0 Å². The van der Waals surface area contributed by atoms with Crippen molar-refractivity contribution in [2.75, 3.05) is 0 Å². The maximum Gasteiger partial charge on any atom is -0.00197 e. The minimum absolute atomic E-state index is 1.22. The molecule has 51 heavy (non-hydrogen) atoms. The van der Waals surface area contributed by atoms with Gasteiger partial charge in [0.15, 0.2) is 0 Å². The van der Waals surface area contributed by atoms with Crippen LogP contribution in [-0.4, -0.2) is 0 Å². The predicted molar refractivity (Wildman–Crippen MR) is 220 cm³/mol. The summed E-state index contributed by atoms with van der Waals surface area (Å²) in [6, 6.07) is 65.1. The maximum absolute atomic E-state index is 2.44. The molecule has 0 spiro atoms. The molecule has 0 aromatic heterocycles. The third kappa shape index (κ3) is 5.50. The van der Waals surface area contributed by atoms with Crippen molar-refractivity contribution in [2.45, 2.75) is 20.8 Å². The van der Waals surface area contributed by atoms with Crippen molar-refractivity contribution in [2.24, 2.45) is 0 Å². The Morgan fingerprint density at radius 3 is 1.29 bits per heavy atom. The van der Waals surface area contributed by atoms with Crippen molar-refractivity contribution in [1.29, 1.82) is 0 Å². The molecule has 0 heteroatoms. The highest BCUT2D eigenvalue weighted by Gasteiger charge is 2.22. The SMILES string of the molecule is Cc1ccc2c(-c3cc(-c4ccccc4)cc(-c4ccccc4)c3)c3cc(C)c(C)cc3c(-c3cc4ccccc4cc3-c3ccccc3)c2c1.